The van der Waals surface area contributed by atoms with E-state index in [0.29, 0.717) is 36.2 Å². The molecule has 1 N–H and O–H groups in total. The van der Waals surface area contributed by atoms with Crippen LogP contribution in [0.3, 0.4) is 0 Å². The molecule has 0 radical (unpaired) electrons. The average Bonchev–Trinajstić information content (AvgIpc) is 3.02. The minimum absolute atomic E-state index is 0.138. The van der Waals surface area contributed by atoms with E-state index in [1.54, 1.807) is 0 Å². The van der Waals surface area contributed by atoms with Gasteiger partial charge in [0.1, 0.15) is 11.8 Å². The Morgan fingerprint density at radius 2 is 1.89 bits per heavy atom. The van der Waals surface area contributed by atoms with Crippen LogP contribution in [0.5, 0.6) is 0 Å². The van der Waals surface area contributed by atoms with E-state index in [4.69, 9.17) is 4.42 Å². The van der Waals surface area contributed by atoms with Gasteiger partial charge in [0.05, 0.1) is 29.5 Å². The third-order valence-corrected chi connectivity index (χ3v) is 4.77. The van der Waals surface area contributed by atoms with E-state index in [0.717, 1.165) is 34.6 Å². The van der Waals surface area contributed by atoms with Gasteiger partial charge in [-0.3, -0.25) is 0 Å². The van der Waals surface area contributed by atoms with Gasteiger partial charge in [0, 0.05) is 13.1 Å². The number of nitrogens with one attached hydrogen (secondary N) is 1. The molecule has 0 bridgehead atoms. The molecule has 0 unspecified atom stereocenters. The molecule has 4 aromatic heterocycles. The minimum Gasteiger partial charge on any atom is -0.431 e. The van der Waals surface area contributed by atoms with Crippen molar-refractivity contribution in [1.29, 1.82) is 0 Å². The maximum atomic E-state index is 12.9. The molecule has 0 amide bonds. The molecule has 1 fully saturated rings. The third kappa shape index (κ3) is 2.52. The van der Waals surface area contributed by atoms with Crippen LogP contribution in [-0.4, -0.2) is 49.3 Å². The molecule has 0 spiro atoms. The molecular weight excluding hydrogens is 351 g/mol. The number of fused-ring (bicyclic) bond motifs is 3. The summed E-state index contributed by atoms with van der Waals surface area (Å²) in [5.74, 6) is 0.669. The maximum absolute atomic E-state index is 12.9. The van der Waals surface area contributed by atoms with Crippen molar-refractivity contribution in [2.75, 3.05) is 23.3 Å². The summed E-state index contributed by atoms with van der Waals surface area (Å²) in [7, 11) is 0. The molecule has 9 nitrogen and oxygen atoms in total. The lowest BCUT2D eigenvalue weighted by atomic mass is 10.1. The molecular formula is C17H15FN8O. The van der Waals surface area contributed by atoms with E-state index in [1.165, 1.54) is 6.33 Å². The Hall–Kier alpha value is -3.43. The van der Waals surface area contributed by atoms with Crippen molar-refractivity contribution in [3.8, 4) is 0 Å². The molecule has 0 aromatic carbocycles. The lowest BCUT2D eigenvalue weighted by molar-refractivity contribution is 0.531. The van der Waals surface area contributed by atoms with Gasteiger partial charge < -0.3 is 14.6 Å². The third-order valence-electron chi connectivity index (χ3n) is 4.77. The summed E-state index contributed by atoms with van der Waals surface area (Å²) < 4.78 is 18.8. The Kier molecular flexibility index (Phi) is 3.39. The van der Waals surface area contributed by atoms with Gasteiger partial charge in [0.25, 0.3) is 0 Å². The minimum atomic E-state index is -0.448. The normalized spacial score (nSPS) is 14.7. The maximum Gasteiger partial charge on any atom is 0.249 e. The highest BCUT2D eigenvalue weighted by Crippen LogP contribution is 2.32. The first-order valence-electron chi connectivity index (χ1n) is 8.46. The largest absolute Gasteiger partial charge is 0.431 e. The molecule has 10 heteroatoms. The van der Waals surface area contributed by atoms with Crippen molar-refractivity contribution >= 4 is 34.0 Å². The second-order valence-corrected chi connectivity index (χ2v) is 6.54. The highest BCUT2D eigenvalue weighted by atomic mass is 19.1. The second kappa shape index (κ2) is 5.79. The van der Waals surface area contributed by atoms with E-state index in [1.807, 2.05) is 18.7 Å². The number of aromatic nitrogens is 6. The van der Waals surface area contributed by atoms with E-state index in [-0.39, 0.29) is 6.04 Å². The zero-order valence-corrected chi connectivity index (χ0v) is 14.6. The van der Waals surface area contributed by atoms with Gasteiger partial charge in [-0.2, -0.15) is 5.10 Å². The van der Waals surface area contributed by atoms with Gasteiger partial charge in [-0.1, -0.05) is 0 Å². The Labute approximate surface area is 152 Å². The first-order chi connectivity index (χ1) is 13.1. The van der Waals surface area contributed by atoms with E-state index >= 15 is 0 Å². The van der Waals surface area contributed by atoms with Crippen molar-refractivity contribution in [3.05, 3.63) is 35.8 Å². The molecule has 1 aliphatic heterocycles. The van der Waals surface area contributed by atoms with Crippen molar-refractivity contribution < 1.29 is 8.81 Å². The number of aryl methyl sites for hydroxylation is 2. The average molecular weight is 366 g/mol. The fraction of sp³-hybridized carbons (Fsp3) is 0.294. The van der Waals surface area contributed by atoms with Gasteiger partial charge in [-0.15, -0.1) is 5.10 Å². The number of hydrogen-bond donors (Lipinski definition) is 1. The number of furan rings is 1. The van der Waals surface area contributed by atoms with Gasteiger partial charge in [-0.05, 0) is 19.4 Å². The number of anilines is 2. The Balaban J connectivity index is 1.41. The Morgan fingerprint density at radius 3 is 2.67 bits per heavy atom. The fourth-order valence-corrected chi connectivity index (χ4v) is 3.18. The van der Waals surface area contributed by atoms with Crippen LogP contribution < -0.4 is 10.2 Å². The predicted molar refractivity (Wildman–Crippen MR) is 96.0 cm³/mol. The molecule has 5 heterocycles. The summed E-state index contributed by atoms with van der Waals surface area (Å²) in [6.07, 6.45) is 3.84. The monoisotopic (exact) mass is 366 g/mol. The molecule has 0 saturated carbocycles. The summed E-state index contributed by atoms with van der Waals surface area (Å²) in [6, 6.07) is 0.138. The molecule has 0 aliphatic carbocycles. The van der Waals surface area contributed by atoms with Crippen molar-refractivity contribution in [2.45, 2.75) is 19.9 Å². The SMILES string of the molecule is Cc1nnc2oc3c(NC4CN(c5ncc(F)cn5)C4)ncnc3c2c1C. The summed E-state index contributed by atoms with van der Waals surface area (Å²) in [5, 5.41) is 12.5. The summed E-state index contributed by atoms with van der Waals surface area (Å²) in [6.45, 7) is 5.23. The van der Waals surface area contributed by atoms with Crippen molar-refractivity contribution in [1.82, 2.24) is 30.1 Å². The lowest BCUT2D eigenvalue weighted by Gasteiger charge is -2.39. The quantitative estimate of drug-likeness (QED) is 0.583. The zero-order chi connectivity index (χ0) is 18.5. The van der Waals surface area contributed by atoms with Crippen LogP contribution in [-0.2, 0) is 0 Å². The van der Waals surface area contributed by atoms with Crippen LogP contribution in [0.1, 0.15) is 11.3 Å². The van der Waals surface area contributed by atoms with Gasteiger partial charge in [0.2, 0.25) is 11.7 Å². The number of hydrogen-bond acceptors (Lipinski definition) is 9. The highest BCUT2D eigenvalue weighted by Gasteiger charge is 2.30. The number of rotatable bonds is 3. The topological polar surface area (TPSA) is 106 Å². The van der Waals surface area contributed by atoms with Crippen LogP contribution in [0.25, 0.3) is 22.2 Å². The smallest absolute Gasteiger partial charge is 0.249 e. The molecule has 1 aliphatic rings. The van der Waals surface area contributed by atoms with Gasteiger partial charge in [-0.25, -0.2) is 24.3 Å². The summed E-state index contributed by atoms with van der Waals surface area (Å²) >= 11 is 0. The van der Waals surface area contributed by atoms with Crippen LogP contribution >= 0.6 is 0 Å². The predicted octanol–water partition coefficient (Wildman–Crippen LogP) is 2.01. The van der Waals surface area contributed by atoms with Crippen LogP contribution in [0, 0.1) is 19.7 Å². The molecule has 5 rings (SSSR count). The Morgan fingerprint density at radius 1 is 1.11 bits per heavy atom. The molecule has 1 saturated heterocycles. The van der Waals surface area contributed by atoms with E-state index in [2.05, 4.69) is 35.5 Å². The number of nitrogens with zero attached hydrogens (tertiary/aromatic N) is 7. The highest BCUT2D eigenvalue weighted by molar-refractivity contribution is 6.05. The first-order valence-corrected chi connectivity index (χ1v) is 8.46. The Bertz CT molecular complexity index is 1150. The van der Waals surface area contributed by atoms with E-state index < -0.39 is 5.82 Å². The van der Waals surface area contributed by atoms with Crippen LogP contribution in [0.4, 0.5) is 16.2 Å². The van der Waals surface area contributed by atoms with Crippen molar-refractivity contribution in [2.24, 2.45) is 0 Å². The molecule has 4 aromatic rings. The molecule has 27 heavy (non-hydrogen) atoms. The zero-order valence-electron chi connectivity index (χ0n) is 14.6. The van der Waals surface area contributed by atoms with Gasteiger partial charge in [0.15, 0.2) is 17.2 Å². The molecule has 0 atom stereocenters. The molecule has 136 valence electrons. The summed E-state index contributed by atoms with van der Waals surface area (Å²) in [5.41, 5.74) is 3.56. The van der Waals surface area contributed by atoms with Crippen molar-refractivity contribution in [3.63, 3.8) is 0 Å². The first kappa shape index (κ1) is 15.8. The van der Waals surface area contributed by atoms with Crippen LogP contribution in [0.2, 0.25) is 0 Å². The number of halogens is 1. The standard InChI is InChI=1S/C17H15FN8O/c1-8-9(2)24-25-16-12(8)13-14(27-16)15(22-7-21-13)23-11-5-26(6-11)17-19-3-10(18)4-20-17/h3-4,7,11H,5-6H2,1-2H3,(H,21,22,23). The lowest BCUT2D eigenvalue weighted by Crippen LogP contribution is -2.55. The summed E-state index contributed by atoms with van der Waals surface area (Å²) in [4.78, 5) is 18.6. The van der Waals surface area contributed by atoms with E-state index in [9.17, 15) is 4.39 Å². The van der Waals surface area contributed by atoms with Gasteiger partial charge >= 0.3 is 0 Å². The fourth-order valence-electron chi connectivity index (χ4n) is 3.18. The second-order valence-electron chi connectivity index (χ2n) is 6.54. The van der Waals surface area contributed by atoms with Crippen LogP contribution in [0.15, 0.2) is 23.1 Å².